The van der Waals surface area contributed by atoms with Gasteiger partial charge in [0.05, 0.1) is 5.92 Å². The number of amides is 2. The lowest BCUT2D eigenvalue weighted by Gasteiger charge is -2.25. The second-order valence-corrected chi connectivity index (χ2v) is 7.07. The van der Waals surface area contributed by atoms with Crippen molar-refractivity contribution in [3.63, 3.8) is 0 Å². The first kappa shape index (κ1) is 15.5. The average molecular weight is 365 g/mol. The minimum atomic E-state index is -0.163. The van der Waals surface area contributed by atoms with E-state index in [1.54, 1.807) is 4.90 Å². The molecule has 0 aromatic heterocycles. The molecule has 1 saturated carbocycles. The van der Waals surface area contributed by atoms with Crippen molar-refractivity contribution in [2.75, 3.05) is 13.1 Å². The van der Waals surface area contributed by atoms with E-state index in [1.165, 1.54) is 0 Å². The van der Waals surface area contributed by atoms with Crippen LogP contribution in [-0.2, 0) is 16.1 Å². The van der Waals surface area contributed by atoms with Gasteiger partial charge >= 0.3 is 0 Å². The van der Waals surface area contributed by atoms with Crippen LogP contribution in [0.1, 0.15) is 31.7 Å². The van der Waals surface area contributed by atoms with Crippen LogP contribution in [0.3, 0.4) is 0 Å². The molecule has 4 nitrogen and oxygen atoms in total. The first-order chi connectivity index (χ1) is 10.6. The molecule has 5 heteroatoms. The van der Waals surface area contributed by atoms with Crippen molar-refractivity contribution in [2.45, 2.75) is 38.8 Å². The first-order valence-electron chi connectivity index (χ1n) is 7.91. The van der Waals surface area contributed by atoms with E-state index in [0.717, 1.165) is 22.9 Å². The molecule has 0 spiro atoms. The zero-order chi connectivity index (χ0) is 15.7. The first-order valence-corrected chi connectivity index (χ1v) is 8.70. The summed E-state index contributed by atoms with van der Waals surface area (Å²) in [6.07, 6.45) is 2.54. The number of benzene rings is 1. The molecule has 1 unspecified atom stereocenters. The predicted octanol–water partition coefficient (Wildman–Crippen LogP) is 2.81. The van der Waals surface area contributed by atoms with Gasteiger partial charge in [-0.1, -0.05) is 28.1 Å². The topological polar surface area (TPSA) is 40.6 Å². The van der Waals surface area contributed by atoms with E-state index >= 15 is 0 Å². The van der Waals surface area contributed by atoms with Gasteiger partial charge in [-0.25, -0.2) is 0 Å². The lowest BCUT2D eigenvalue weighted by atomic mass is 10.1. The Hall–Kier alpha value is -1.36. The highest BCUT2D eigenvalue weighted by Gasteiger charge is 2.40. The van der Waals surface area contributed by atoms with Crippen LogP contribution >= 0.6 is 15.9 Å². The predicted molar refractivity (Wildman–Crippen MR) is 88.1 cm³/mol. The number of nitrogens with zero attached hydrogens (tertiary/aromatic N) is 2. The third-order valence-corrected chi connectivity index (χ3v) is 5.01. The maximum atomic E-state index is 12.8. The summed E-state index contributed by atoms with van der Waals surface area (Å²) < 4.78 is 1.04. The van der Waals surface area contributed by atoms with Crippen LogP contribution in [0, 0.1) is 5.92 Å². The van der Waals surface area contributed by atoms with E-state index in [1.807, 2.05) is 36.1 Å². The number of hydrogen-bond acceptors (Lipinski definition) is 2. The molecule has 1 atom stereocenters. The molecule has 0 N–H and O–H groups in total. The number of likely N-dealkylation sites (tertiary alicyclic amines) is 1. The summed E-state index contributed by atoms with van der Waals surface area (Å²) in [6.45, 7) is 3.88. The summed E-state index contributed by atoms with van der Waals surface area (Å²) in [7, 11) is 0. The van der Waals surface area contributed by atoms with Gasteiger partial charge in [-0.05, 0) is 37.5 Å². The van der Waals surface area contributed by atoms with E-state index in [0.29, 0.717) is 32.1 Å². The van der Waals surface area contributed by atoms with Crippen molar-refractivity contribution >= 4 is 27.7 Å². The fourth-order valence-electron chi connectivity index (χ4n) is 3.04. The Bertz CT molecular complexity index is 569. The molecule has 1 aliphatic heterocycles. The van der Waals surface area contributed by atoms with Crippen molar-refractivity contribution in [1.82, 2.24) is 9.80 Å². The lowest BCUT2D eigenvalue weighted by Crippen LogP contribution is -2.38. The summed E-state index contributed by atoms with van der Waals surface area (Å²) in [4.78, 5) is 28.5. The molecule has 118 valence electrons. The average Bonchev–Trinajstić information content (AvgIpc) is 3.28. The van der Waals surface area contributed by atoms with Gasteiger partial charge in [0.2, 0.25) is 11.8 Å². The zero-order valence-corrected chi connectivity index (χ0v) is 14.4. The number of hydrogen-bond donors (Lipinski definition) is 0. The Labute approximate surface area is 139 Å². The Balaban J connectivity index is 1.70. The van der Waals surface area contributed by atoms with Crippen LogP contribution in [0.15, 0.2) is 28.7 Å². The molecular weight excluding hydrogens is 344 g/mol. The van der Waals surface area contributed by atoms with Crippen molar-refractivity contribution < 1.29 is 9.59 Å². The third kappa shape index (κ3) is 3.35. The summed E-state index contributed by atoms with van der Waals surface area (Å²) in [6, 6.07) is 8.46. The minimum absolute atomic E-state index is 0.111. The highest BCUT2D eigenvalue weighted by molar-refractivity contribution is 9.10. The maximum absolute atomic E-state index is 12.8. The molecular formula is C17H21BrN2O2. The van der Waals surface area contributed by atoms with E-state index in [2.05, 4.69) is 15.9 Å². The van der Waals surface area contributed by atoms with Crippen molar-refractivity contribution in [1.29, 1.82) is 0 Å². The zero-order valence-electron chi connectivity index (χ0n) is 12.8. The Kier molecular flexibility index (Phi) is 4.52. The van der Waals surface area contributed by atoms with Gasteiger partial charge in [0.25, 0.3) is 0 Å². The molecule has 1 saturated heterocycles. The van der Waals surface area contributed by atoms with Gasteiger partial charge in [-0.15, -0.1) is 0 Å². The summed E-state index contributed by atoms with van der Waals surface area (Å²) in [5, 5.41) is 0. The molecule has 1 aliphatic carbocycles. The highest BCUT2D eigenvalue weighted by atomic mass is 79.9. The number of carbonyl (C=O) groups is 2. The van der Waals surface area contributed by atoms with Crippen LogP contribution in [0.2, 0.25) is 0 Å². The van der Waals surface area contributed by atoms with Crippen LogP contribution in [0.5, 0.6) is 0 Å². The fraction of sp³-hybridized carbons (Fsp3) is 0.529. The molecule has 2 amide bonds. The van der Waals surface area contributed by atoms with Crippen molar-refractivity contribution in [3.8, 4) is 0 Å². The standard InChI is InChI=1S/C17H21BrN2O2/c1-2-19-11-13(9-16(19)21)17(22)20(15-7-8-15)10-12-3-5-14(18)6-4-12/h3-6,13,15H,2,7-11H2,1H3. The molecule has 22 heavy (non-hydrogen) atoms. The molecule has 2 fully saturated rings. The normalized spacial score (nSPS) is 21.3. The number of halogens is 1. The van der Waals surface area contributed by atoms with Crippen LogP contribution in [-0.4, -0.2) is 40.7 Å². The maximum Gasteiger partial charge on any atom is 0.228 e. The van der Waals surface area contributed by atoms with Crippen LogP contribution in [0.25, 0.3) is 0 Å². The van der Waals surface area contributed by atoms with E-state index < -0.39 is 0 Å². The molecule has 0 radical (unpaired) electrons. The van der Waals surface area contributed by atoms with Crippen LogP contribution < -0.4 is 0 Å². The lowest BCUT2D eigenvalue weighted by molar-refractivity contribution is -0.137. The molecule has 0 bridgehead atoms. The minimum Gasteiger partial charge on any atom is -0.342 e. The smallest absolute Gasteiger partial charge is 0.228 e. The van der Waals surface area contributed by atoms with Gasteiger partial charge in [0, 0.05) is 36.6 Å². The summed E-state index contributed by atoms with van der Waals surface area (Å²) >= 11 is 3.43. The van der Waals surface area contributed by atoms with Crippen LogP contribution in [0.4, 0.5) is 0 Å². The molecule has 1 heterocycles. The van der Waals surface area contributed by atoms with E-state index in [4.69, 9.17) is 0 Å². The van der Waals surface area contributed by atoms with E-state index in [9.17, 15) is 9.59 Å². The molecule has 2 aliphatic rings. The molecule has 1 aromatic rings. The number of rotatable bonds is 5. The largest absolute Gasteiger partial charge is 0.342 e. The van der Waals surface area contributed by atoms with Gasteiger partial charge in [-0.2, -0.15) is 0 Å². The summed E-state index contributed by atoms with van der Waals surface area (Å²) in [5.41, 5.74) is 1.14. The summed E-state index contributed by atoms with van der Waals surface area (Å²) in [5.74, 6) is 0.0958. The second kappa shape index (κ2) is 6.41. The third-order valence-electron chi connectivity index (χ3n) is 4.48. The van der Waals surface area contributed by atoms with Crippen molar-refractivity contribution in [3.05, 3.63) is 34.3 Å². The monoisotopic (exact) mass is 364 g/mol. The SMILES string of the molecule is CCN1CC(C(=O)N(Cc2ccc(Br)cc2)C2CC2)CC1=O. The molecule has 1 aromatic carbocycles. The second-order valence-electron chi connectivity index (χ2n) is 6.16. The van der Waals surface area contributed by atoms with Gasteiger partial charge in [-0.3, -0.25) is 9.59 Å². The van der Waals surface area contributed by atoms with Gasteiger partial charge < -0.3 is 9.80 Å². The highest BCUT2D eigenvalue weighted by Crippen LogP contribution is 2.32. The van der Waals surface area contributed by atoms with Gasteiger partial charge in [0.1, 0.15) is 0 Å². The Morgan fingerprint density at radius 2 is 2.00 bits per heavy atom. The Morgan fingerprint density at radius 3 is 2.55 bits per heavy atom. The van der Waals surface area contributed by atoms with E-state index in [-0.39, 0.29) is 17.7 Å². The quantitative estimate of drug-likeness (QED) is 0.805. The van der Waals surface area contributed by atoms with Gasteiger partial charge in [0.15, 0.2) is 0 Å². The fourth-order valence-corrected chi connectivity index (χ4v) is 3.30. The molecule has 3 rings (SSSR count). The Morgan fingerprint density at radius 1 is 1.32 bits per heavy atom. The number of carbonyl (C=O) groups excluding carboxylic acids is 2. The van der Waals surface area contributed by atoms with Crippen molar-refractivity contribution in [2.24, 2.45) is 5.92 Å².